The highest BCUT2D eigenvalue weighted by Crippen LogP contribution is 2.37. The first-order chi connectivity index (χ1) is 16.1. The summed E-state index contributed by atoms with van der Waals surface area (Å²) in [6.45, 7) is 0.541. The quantitative estimate of drug-likeness (QED) is 0.235. The van der Waals surface area contributed by atoms with Gasteiger partial charge in [-0.25, -0.2) is 9.79 Å². The lowest BCUT2D eigenvalue weighted by Gasteiger charge is -2.14. The number of hydrogen-bond acceptors (Lipinski definition) is 8. The van der Waals surface area contributed by atoms with Gasteiger partial charge in [-0.05, 0) is 47.4 Å². The summed E-state index contributed by atoms with van der Waals surface area (Å²) in [7, 11) is 3.11. The molecule has 170 valence electrons. The third kappa shape index (κ3) is 5.47. The Morgan fingerprint density at radius 3 is 2.61 bits per heavy atom. The van der Waals surface area contributed by atoms with Crippen molar-refractivity contribution >= 4 is 40.9 Å². The molecule has 0 spiro atoms. The standard InChI is InChI=1S/C24H20ClNO6S/c1-28-16-5-3-6-17(14-16)30-8-9-31-22-18(25)11-15(13-20(22)29-2)12-19-24(27)32-23(26-19)21-7-4-10-33-21/h3-7,10-14H,8-9H2,1-2H3/b19-12+. The number of halogens is 1. The molecule has 2 aromatic carbocycles. The summed E-state index contributed by atoms with van der Waals surface area (Å²) in [6, 6.07) is 14.4. The van der Waals surface area contributed by atoms with Crippen LogP contribution in [0.5, 0.6) is 23.0 Å². The van der Waals surface area contributed by atoms with E-state index in [0.29, 0.717) is 40.2 Å². The van der Waals surface area contributed by atoms with Gasteiger partial charge in [0, 0.05) is 6.07 Å². The number of esters is 1. The molecule has 1 aliphatic heterocycles. The van der Waals surface area contributed by atoms with Gasteiger partial charge in [0.25, 0.3) is 0 Å². The van der Waals surface area contributed by atoms with Crippen molar-refractivity contribution in [1.82, 2.24) is 0 Å². The molecule has 0 unspecified atom stereocenters. The van der Waals surface area contributed by atoms with Crippen molar-refractivity contribution in [3.05, 3.63) is 75.1 Å². The summed E-state index contributed by atoms with van der Waals surface area (Å²) in [6.07, 6.45) is 1.59. The topological polar surface area (TPSA) is 75.6 Å². The molecule has 4 rings (SSSR count). The second-order valence-corrected chi connectivity index (χ2v) is 8.08. The lowest BCUT2D eigenvalue weighted by atomic mass is 10.1. The van der Waals surface area contributed by atoms with E-state index in [1.807, 2.05) is 35.7 Å². The van der Waals surface area contributed by atoms with Gasteiger partial charge in [-0.2, -0.15) is 0 Å². The van der Waals surface area contributed by atoms with Gasteiger partial charge in [-0.3, -0.25) is 0 Å². The first kappa shape index (κ1) is 22.7. The van der Waals surface area contributed by atoms with Gasteiger partial charge in [-0.1, -0.05) is 23.7 Å². The molecule has 33 heavy (non-hydrogen) atoms. The Morgan fingerprint density at radius 2 is 1.85 bits per heavy atom. The number of rotatable bonds is 9. The minimum Gasteiger partial charge on any atom is -0.497 e. The Labute approximate surface area is 199 Å². The highest BCUT2D eigenvalue weighted by molar-refractivity contribution is 7.12. The van der Waals surface area contributed by atoms with Gasteiger partial charge in [0.2, 0.25) is 5.90 Å². The van der Waals surface area contributed by atoms with E-state index < -0.39 is 5.97 Å². The lowest BCUT2D eigenvalue weighted by Crippen LogP contribution is -2.10. The number of methoxy groups -OCH3 is 2. The van der Waals surface area contributed by atoms with Crippen molar-refractivity contribution in [2.24, 2.45) is 4.99 Å². The first-order valence-corrected chi connectivity index (χ1v) is 11.2. The Kier molecular flexibility index (Phi) is 7.16. The van der Waals surface area contributed by atoms with Crippen molar-refractivity contribution in [3.63, 3.8) is 0 Å². The minimum absolute atomic E-state index is 0.178. The average Bonchev–Trinajstić information content (AvgIpc) is 3.48. The van der Waals surface area contributed by atoms with Gasteiger partial charge in [-0.15, -0.1) is 11.3 Å². The smallest absolute Gasteiger partial charge is 0.363 e. The number of thiophene rings is 1. The molecule has 7 nitrogen and oxygen atoms in total. The number of ether oxygens (including phenoxy) is 5. The average molecular weight is 486 g/mol. The number of hydrogen-bond donors (Lipinski definition) is 0. The van der Waals surface area contributed by atoms with E-state index in [0.717, 1.165) is 4.88 Å². The third-order valence-electron chi connectivity index (χ3n) is 4.55. The second kappa shape index (κ2) is 10.4. The maximum atomic E-state index is 12.2. The molecule has 0 saturated carbocycles. The van der Waals surface area contributed by atoms with Crippen molar-refractivity contribution < 1.29 is 28.5 Å². The number of carbonyl (C=O) groups is 1. The van der Waals surface area contributed by atoms with Crippen molar-refractivity contribution in [2.75, 3.05) is 27.4 Å². The van der Waals surface area contributed by atoms with E-state index in [1.165, 1.54) is 18.4 Å². The number of aliphatic imine (C=N–C) groups is 1. The molecule has 0 amide bonds. The fourth-order valence-corrected chi connectivity index (χ4v) is 3.95. The first-order valence-electron chi connectivity index (χ1n) is 9.91. The zero-order chi connectivity index (χ0) is 23.2. The highest BCUT2D eigenvalue weighted by Gasteiger charge is 2.25. The van der Waals surface area contributed by atoms with Crippen LogP contribution in [0.2, 0.25) is 5.02 Å². The van der Waals surface area contributed by atoms with Crippen LogP contribution in [0.25, 0.3) is 6.08 Å². The third-order valence-corrected chi connectivity index (χ3v) is 5.69. The van der Waals surface area contributed by atoms with Gasteiger partial charge >= 0.3 is 5.97 Å². The van der Waals surface area contributed by atoms with Gasteiger partial charge in [0.05, 0.1) is 24.1 Å². The van der Waals surface area contributed by atoms with Crippen molar-refractivity contribution in [3.8, 4) is 23.0 Å². The van der Waals surface area contributed by atoms with Crippen molar-refractivity contribution in [1.29, 1.82) is 0 Å². The van der Waals surface area contributed by atoms with Crippen LogP contribution in [-0.4, -0.2) is 39.3 Å². The molecular formula is C24H20ClNO6S. The summed E-state index contributed by atoms with van der Waals surface area (Å²) in [5, 5.41) is 2.22. The summed E-state index contributed by atoms with van der Waals surface area (Å²) in [5.41, 5.74) is 0.803. The van der Waals surface area contributed by atoms with Gasteiger partial charge in [0.1, 0.15) is 24.7 Å². The predicted molar refractivity (Wildman–Crippen MR) is 127 cm³/mol. The summed E-state index contributed by atoms with van der Waals surface area (Å²) >= 11 is 7.88. The Hall–Kier alpha value is -3.49. The van der Waals surface area contributed by atoms with Crippen LogP contribution in [0, 0.1) is 0 Å². The van der Waals surface area contributed by atoms with Crippen LogP contribution in [0.15, 0.2) is 64.6 Å². The summed E-state index contributed by atoms with van der Waals surface area (Å²) in [5.74, 6) is 1.94. The maximum Gasteiger partial charge on any atom is 0.363 e. The van der Waals surface area contributed by atoms with E-state index in [-0.39, 0.29) is 18.2 Å². The molecule has 0 bridgehead atoms. The fraction of sp³-hybridized carbons (Fsp3) is 0.167. The van der Waals surface area contributed by atoms with E-state index in [1.54, 1.807) is 31.4 Å². The zero-order valence-corrected chi connectivity index (χ0v) is 19.4. The predicted octanol–water partition coefficient (Wildman–Crippen LogP) is 5.22. The molecule has 3 aromatic rings. The number of benzene rings is 2. The fourth-order valence-electron chi connectivity index (χ4n) is 3.03. The molecule has 2 heterocycles. The normalized spacial score (nSPS) is 14.1. The van der Waals surface area contributed by atoms with Crippen LogP contribution in [-0.2, 0) is 9.53 Å². The highest BCUT2D eigenvalue weighted by atomic mass is 35.5. The number of nitrogens with zero attached hydrogens (tertiary/aromatic N) is 1. The lowest BCUT2D eigenvalue weighted by molar-refractivity contribution is -0.129. The molecule has 0 atom stereocenters. The maximum absolute atomic E-state index is 12.2. The number of carbonyl (C=O) groups excluding carboxylic acids is 1. The molecule has 0 saturated heterocycles. The van der Waals surface area contributed by atoms with E-state index >= 15 is 0 Å². The number of cyclic esters (lactones) is 1. The minimum atomic E-state index is -0.525. The Bertz CT molecular complexity index is 1210. The van der Waals surface area contributed by atoms with Crippen LogP contribution < -0.4 is 18.9 Å². The summed E-state index contributed by atoms with van der Waals surface area (Å²) in [4.78, 5) is 17.3. The molecule has 9 heteroatoms. The molecule has 0 N–H and O–H groups in total. The van der Waals surface area contributed by atoms with E-state index in [4.69, 9.17) is 35.3 Å². The van der Waals surface area contributed by atoms with Crippen LogP contribution in [0.4, 0.5) is 0 Å². The second-order valence-electron chi connectivity index (χ2n) is 6.72. The largest absolute Gasteiger partial charge is 0.497 e. The van der Waals surface area contributed by atoms with Gasteiger partial charge in [0.15, 0.2) is 17.2 Å². The molecule has 0 fully saturated rings. The van der Waals surface area contributed by atoms with E-state index in [2.05, 4.69) is 4.99 Å². The van der Waals surface area contributed by atoms with Crippen molar-refractivity contribution in [2.45, 2.75) is 0 Å². The van der Waals surface area contributed by atoms with E-state index in [9.17, 15) is 4.79 Å². The Balaban J connectivity index is 1.44. The molecular weight excluding hydrogens is 466 g/mol. The van der Waals surface area contributed by atoms with Crippen LogP contribution >= 0.6 is 22.9 Å². The van der Waals surface area contributed by atoms with Gasteiger partial charge < -0.3 is 23.7 Å². The van der Waals surface area contributed by atoms with Crippen LogP contribution in [0.1, 0.15) is 10.4 Å². The summed E-state index contributed by atoms with van der Waals surface area (Å²) < 4.78 is 27.4. The molecule has 0 radical (unpaired) electrons. The van der Waals surface area contributed by atoms with Crippen LogP contribution in [0.3, 0.4) is 0 Å². The monoisotopic (exact) mass is 485 g/mol. The molecule has 0 aliphatic carbocycles. The zero-order valence-electron chi connectivity index (χ0n) is 17.9. The molecule has 1 aromatic heterocycles. The Morgan fingerprint density at radius 1 is 1.03 bits per heavy atom. The molecule has 1 aliphatic rings. The SMILES string of the molecule is COc1cccc(OCCOc2c(Cl)cc(/C=C3/N=C(c4cccs4)OC3=O)cc2OC)c1.